The Hall–Kier alpha value is -2.08. The van der Waals surface area contributed by atoms with E-state index in [0.29, 0.717) is 11.6 Å². The van der Waals surface area contributed by atoms with Gasteiger partial charge in [-0.2, -0.15) is 0 Å². The Morgan fingerprint density at radius 3 is 2.44 bits per heavy atom. The number of aromatic nitrogens is 2. The highest BCUT2D eigenvalue weighted by molar-refractivity contribution is 5.49. The summed E-state index contributed by atoms with van der Waals surface area (Å²) in [6, 6.07) is 7.49. The molecule has 0 aliphatic carbocycles. The molecule has 0 radical (unpaired) electrons. The fraction of sp³-hybridized carbons (Fsp3) is 0.231. The predicted molar refractivity (Wildman–Crippen MR) is 63.9 cm³/mol. The highest BCUT2D eigenvalue weighted by Crippen LogP contribution is 2.18. The van der Waals surface area contributed by atoms with Crippen molar-refractivity contribution in [1.82, 2.24) is 9.55 Å². The predicted octanol–water partition coefficient (Wildman–Crippen LogP) is 3.55. The average molecular weight is 211 g/mol. The zero-order chi connectivity index (χ0) is 11.5. The van der Waals surface area contributed by atoms with E-state index in [4.69, 9.17) is 6.57 Å². The van der Waals surface area contributed by atoms with Crippen molar-refractivity contribution >= 4 is 5.69 Å². The number of nitrogens with zero attached hydrogens (tertiary/aromatic N) is 3. The van der Waals surface area contributed by atoms with Gasteiger partial charge in [-0.1, -0.05) is 26.0 Å². The maximum absolute atomic E-state index is 6.89. The Balaban J connectivity index is 2.32. The molecule has 3 nitrogen and oxygen atoms in total. The monoisotopic (exact) mass is 211 g/mol. The van der Waals surface area contributed by atoms with Crippen LogP contribution in [0, 0.1) is 6.57 Å². The minimum absolute atomic E-state index is 0.434. The van der Waals surface area contributed by atoms with E-state index >= 15 is 0 Å². The van der Waals surface area contributed by atoms with Crippen LogP contribution in [0.4, 0.5) is 5.69 Å². The molecule has 0 N–H and O–H groups in total. The summed E-state index contributed by atoms with van der Waals surface area (Å²) in [5, 5.41) is 0. The van der Waals surface area contributed by atoms with Crippen molar-refractivity contribution in [1.29, 1.82) is 0 Å². The van der Waals surface area contributed by atoms with Gasteiger partial charge in [0.1, 0.15) is 0 Å². The second kappa shape index (κ2) is 4.19. The first-order valence-electron chi connectivity index (χ1n) is 5.22. The summed E-state index contributed by atoms with van der Waals surface area (Å²) in [5.74, 6) is 0.434. The van der Waals surface area contributed by atoms with E-state index in [1.54, 1.807) is 0 Å². The summed E-state index contributed by atoms with van der Waals surface area (Å²) in [7, 11) is 0. The van der Waals surface area contributed by atoms with Crippen LogP contribution in [0.25, 0.3) is 10.5 Å². The van der Waals surface area contributed by atoms with Gasteiger partial charge in [0.2, 0.25) is 0 Å². The highest BCUT2D eigenvalue weighted by Gasteiger charge is 2.04. The van der Waals surface area contributed by atoms with Gasteiger partial charge in [0.25, 0.3) is 0 Å². The molecule has 1 aromatic heterocycles. The van der Waals surface area contributed by atoms with Crippen LogP contribution in [0.3, 0.4) is 0 Å². The molecule has 0 saturated heterocycles. The second-order valence-corrected chi connectivity index (χ2v) is 3.99. The van der Waals surface area contributed by atoms with Gasteiger partial charge in [0.05, 0.1) is 18.6 Å². The lowest BCUT2D eigenvalue weighted by Crippen LogP contribution is -1.89. The van der Waals surface area contributed by atoms with Crippen molar-refractivity contribution in [3.8, 4) is 5.69 Å². The molecule has 0 atom stereocenters. The molecule has 0 amide bonds. The lowest BCUT2D eigenvalue weighted by Gasteiger charge is -2.01. The van der Waals surface area contributed by atoms with E-state index in [2.05, 4.69) is 23.7 Å². The summed E-state index contributed by atoms with van der Waals surface area (Å²) in [6.07, 6.45) is 3.83. The molecule has 0 bridgehead atoms. The number of hydrogen-bond donors (Lipinski definition) is 0. The summed E-state index contributed by atoms with van der Waals surface area (Å²) in [6.45, 7) is 11.1. The summed E-state index contributed by atoms with van der Waals surface area (Å²) in [4.78, 5) is 7.70. The molecule has 0 aliphatic rings. The summed E-state index contributed by atoms with van der Waals surface area (Å²) in [5.41, 5.74) is 2.77. The third kappa shape index (κ3) is 1.96. The zero-order valence-corrected chi connectivity index (χ0v) is 9.38. The number of rotatable bonds is 2. The molecule has 0 aliphatic heterocycles. The molecular weight excluding hydrogens is 198 g/mol. The number of hydrogen-bond acceptors (Lipinski definition) is 1. The van der Waals surface area contributed by atoms with E-state index in [1.165, 1.54) is 0 Å². The molecule has 80 valence electrons. The van der Waals surface area contributed by atoms with Crippen molar-refractivity contribution in [3.05, 3.63) is 53.9 Å². The van der Waals surface area contributed by atoms with Crippen molar-refractivity contribution in [2.24, 2.45) is 0 Å². The van der Waals surface area contributed by atoms with Gasteiger partial charge >= 0.3 is 0 Å². The fourth-order valence-corrected chi connectivity index (χ4v) is 1.48. The third-order valence-electron chi connectivity index (χ3n) is 2.47. The zero-order valence-electron chi connectivity index (χ0n) is 9.38. The SMILES string of the molecule is [C-]#[N+]c1ccc(-n2cnc(C(C)C)c2)cc1. The summed E-state index contributed by atoms with van der Waals surface area (Å²) < 4.78 is 1.98. The van der Waals surface area contributed by atoms with Crippen LogP contribution in [-0.4, -0.2) is 9.55 Å². The van der Waals surface area contributed by atoms with Crippen LogP contribution in [0.5, 0.6) is 0 Å². The van der Waals surface area contributed by atoms with Crippen molar-refractivity contribution < 1.29 is 0 Å². The maximum Gasteiger partial charge on any atom is 0.187 e. The lowest BCUT2D eigenvalue weighted by atomic mass is 10.2. The van der Waals surface area contributed by atoms with E-state index in [1.807, 2.05) is 41.4 Å². The topological polar surface area (TPSA) is 22.2 Å². The van der Waals surface area contributed by atoms with Crippen molar-refractivity contribution in [2.75, 3.05) is 0 Å². The molecule has 0 saturated carbocycles. The number of benzene rings is 1. The molecule has 1 aromatic carbocycles. The Bertz CT molecular complexity index is 515. The molecule has 0 unspecified atom stereocenters. The van der Waals surface area contributed by atoms with Crippen molar-refractivity contribution in [2.45, 2.75) is 19.8 Å². The summed E-state index contributed by atoms with van der Waals surface area (Å²) >= 11 is 0. The molecule has 16 heavy (non-hydrogen) atoms. The Morgan fingerprint density at radius 1 is 1.25 bits per heavy atom. The first-order chi connectivity index (χ1) is 7.70. The average Bonchev–Trinajstić information content (AvgIpc) is 2.78. The van der Waals surface area contributed by atoms with Gasteiger partial charge in [0, 0.05) is 11.9 Å². The van der Waals surface area contributed by atoms with E-state index in [-0.39, 0.29) is 0 Å². The van der Waals surface area contributed by atoms with Crippen molar-refractivity contribution in [3.63, 3.8) is 0 Å². The molecule has 2 aromatic rings. The number of imidazole rings is 1. The van der Waals surface area contributed by atoms with Gasteiger partial charge in [-0.05, 0) is 18.1 Å². The van der Waals surface area contributed by atoms with Gasteiger partial charge < -0.3 is 4.57 Å². The van der Waals surface area contributed by atoms with Crippen LogP contribution in [0.2, 0.25) is 0 Å². The maximum atomic E-state index is 6.89. The molecule has 0 spiro atoms. The molecule has 2 rings (SSSR count). The third-order valence-corrected chi connectivity index (χ3v) is 2.47. The van der Waals surface area contributed by atoms with Crippen LogP contribution in [0.15, 0.2) is 36.8 Å². The van der Waals surface area contributed by atoms with Gasteiger partial charge in [0.15, 0.2) is 5.69 Å². The first-order valence-corrected chi connectivity index (χ1v) is 5.22. The second-order valence-electron chi connectivity index (χ2n) is 3.99. The van der Waals surface area contributed by atoms with Gasteiger partial charge in [-0.15, -0.1) is 0 Å². The molecular formula is C13H13N3. The normalized spacial score (nSPS) is 10.4. The smallest absolute Gasteiger partial charge is 0.187 e. The first kappa shape index (κ1) is 10.4. The van der Waals surface area contributed by atoms with E-state index in [0.717, 1.165) is 11.4 Å². The van der Waals surface area contributed by atoms with Crippen LogP contribution >= 0.6 is 0 Å². The van der Waals surface area contributed by atoms with Crippen LogP contribution in [0.1, 0.15) is 25.5 Å². The Labute approximate surface area is 95.2 Å². The van der Waals surface area contributed by atoms with Gasteiger partial charge in [-0.3, -0.25) is 0 Å². The van der Waals surface area contributed by atoms with E-state index in [9.17, 15) is 0 Å². The van der Waals surface area contributed by atoms with Crippen LogP contribution in [-0.2, 0) is 0 Å². The van der Waals surface area contributed by atoms with E-state index < -0.39 is 0 Å². The standard InChI is InChI=1S/C13H13N3/c1-10(2)13-8-16(9-15-13)12-6-4-11(14-3)5-7-12/h4-10H,1-2H3. The fourth-order valence-electron chi connectivity index (χ4n) is 1.48. The largest absolute Gasteiger partial charge is 0.306 e. The minimum atomic E-state index is 0.434. The lowest BCUT2D eigenvalue weighted by molar-refractivity contribution is 0.831. The minimum Gasteiger partial charge on any atom is -0.306 e. The molecule has 1 heterocycles. The van der Waals surface area contributed by atoms with Crippen LogP contribution < -0.4 is 0 Å². The van der Waals surface area contributed by atoms with Gasteiger partial charge in [-0.25, -0.2) is 9.83 Å². The molecule has 3 heteroatoms. The molecule has 0 fully saturated rings. The Morgan fingerprint density at radius 2 is 1.94 bits per heavy atom. The quantitative estimate of drug-likeness (QED) is 0.696. The Kier molecular flexibility index (Phi) is 2.74. The highest BCUT2D eigenvalue weighted by atomic mass is 15.0.